The van der Waals surface area contributed by atoms with E-state index >= 15 is 0 Å². The van der Waals surface area contributed by atoms with Crippen molar-refractivity contribution in [2.24, 2.45) is 5.41 Å². The van der Waals surface area contributed by atoms with Crippen LogP contribution >= 0.6 is 11.6 Å². The van der Waals surface area contributed by atoms with Gasteiger partial charge in [-0.2, -0.15) is 0 Å². The molecule has 0 unspecified atom stereocenters. The standard InChI is InChI=1S/C26H27ClN4O5/c1-26(2,18-27)24(32)28-16-17-30(25(33)29-19-8-10-21(11-9-19)31(34)35)20-12-14-23(15-13-20)36-22-6-4-3-5-7-22/h3-15H,16-18H2,1-2H3,(H,28,32)(H,29,33). The third-order valence-corrected chi connectivity index (χ3v) is 5.94. The van der Waals surface area contributed by atoms with E-state index in [1.165, 1.54) is 29.2 Å². The number of hydrogen-bond donors (Lipinski definition) is 2. The Morgan fingerprint density at radius 2 is 1.58 bits per heavy atom. The van der Waals surface area contributed by atoms with E-state index in [-0.39, 0.29) is 30.6 Å². The van der Waals surface area contributed by atoms with Crippen molar-refractivity contribution in [3.8, 4) is 11.5 Å². The number of halogens is 1. The highest BCUT2D eigenvalue weighted by atomic mass is 35.5. The molecule has 0 aromatic heterocycles. The molecule has 3 aromatic rings. The fourth-order valence-corrected chi connectivity index (χ4v) is 3.23. The van der Waals surface area contributed by atoms with E-state index in [0.29, 0.717) is 22.9 Å². The van der Waals surface area contributed by atoms with Crippen molar-refractivity contribution < 1.29 is 19.2 Å². The Hall–Kier alpha value is -4.11. The predicted octanol–water partition coefficient (Wildman–Crippen LogP) is 5.81. The normalized spacial score (nSPS) is 10.9. The van der Waals surface area contributed by atoms with Gasteiger partial charge < -0.3 is 15.4 Å². The summed E-state index contributed by atoms with van der Waals surface area (Å²) in [5.41, 5.74) is 0.139. The number of urea groups is 1. The number of alkyl halides is 1. The predicted molar refractivity (Wildman–Crippen MR) is 140 cm³/mol. The van der Waals surface area contributed by atoms with E-state index in [1.54, 1.807) is 38.1 Å². The molecule has 0 saturated heterocycles. The number of ether oxygens (including phenoxy) is 1. The van der Waals surface area contributed by atoms with Crippen molar-refractivity contribution >= 4 is 40.6 Å². The largest absolute Gasteiger partial charge is 0.457 e. The van der Waals surface area contributed by atoms with Crippen molar-refractivity contribution in [2.75, 3.05) is 29.2 Å². The van der Waals surface area contributed by atoms with Gasteiger partial charge in [-0.1, -0.05) is 18.2 Å². The molecule has 0 heterocycles. The Morgan fingerprint density at radius 1 is 0.972 bits per heavy atom. The lowest BCUT2D eigenvalue weighted by Crippen LogP contribution is -2.44. The van der Waals surface area contributed by atoms with Crippen molar-refractivity contribution in [1.29, 1.82) is 0 Å². The zero-order chi connectivity index (χ0) is 26.1. The Kier molecular flexibility index (Phi) is 8.86. The quantitative estimate of drug-likeness (QED) is 0.203. The Balaban J connectivity index is 1.75. The number of nitrogens with zero attached hydrogens (tertiary/aromatic N) is 2. The molecule has 36 heavy (non-hydrogen) atoms. The van der Waals surface area contributed by atoms with Gasteiger partial charge in [0.05, 0.1) is 10.3 Å². The van der Waals surface area contributed by atoms with Crippen LogP contribution < -0.4 is 20.3 Å². The Morgan fingerprint density at radius 3 is 2.17 bits per heavy atom. The highest BCUT2D eigenvalue weighted by Gasteiger charge is 2.26. The van der Waals surface area contributed by atoms with Crippen molar-refractivity contribution in [2.45, 2.75) is 13.8 Å². The second-order valence-corrected chi connectivity index (χ2v) is 8.84. The molecular formula is C26H27ClN4O5. The number of benzene rings is 3. The number of carbonyl (C=O) groups is 2. The number of nitro groups is 1. The molecule has 0 aliphatic carbocycles. The number of rotatable bonds is 10. The number of amides is 3. The molecule has 2 N–H and O–H groups in total. The Bertz CT molecular complexity index is 1190. The molecular weight excluding hydrogens is 484 g/mol. The van der Waals surface area contributed by atoms with E-state index in [4.69, 9.17) is 16.3 Å². The van der Waals surface area contributed by atoms with Gasteiger partial charge in [0.25, 0.3) is 5.69 Å². The van der Waals surface area contributed by atoms with Gasteiger partial charge in [-0.3, -0.25) is 19.8 Å². The van der Waals surface area contributed by atoms with Gasteiger partial charge in [0.1, 0.15) is 11.5 Å². The van der Waals surface area contributed by atoms with Crippen molar-refractivity contribution in [1.82, 2.24) is 5.32 Å². The summed E-state index contributed by atoms with van der Waals surface area (Å²) in [6.45, 7) is 3.83. The van der Waals surface area contributed by atoms with E-state index in [1.807, 2.05) is 30.3 Å². The van der Waals surface area contributed by atoms with Gasteiger partial charge in [0.2, 0.25) is 5.91 Å². The molecule has 9 nitrogen and oxygen atoms in total. The fourth-order valence-electron chi connectivity index (χ4n) is 3.11. The summed E-state index contributed by atoms with van der Waals surface area (Å²) >= 11 is 5.88. The number of carbonyl (C=O) groups excluding carboxylic acids is 2. The maximum Gasteiger partial charge on any atom is 0.326 e. The molecule has 10 heteroatoms. The molecule has 0 bridgehead atoms. The third kappa shape index (κ3) is 7.19. The average molecular weight is 511 g/mol. The summed E-state index contributed by atoms with van der Waals surface area (Å²) in [7, 11) is 0. The minimum absolute atomic E-state index is 0.0801. The molecule has 0 aliphatic heterocycles. The van der Waals surface area contributed by atoms with E-state index in [9.17, 15) is 19.7 Å². The summed E-state index contributed by atoms with van der Waals surface area (Å²) in [6.07, 6.45) is 0. The molecule has 0 spiro atoms. The topological polar surface area (TPSA) is 114 Å². The number of nitro benzene ring substituents is 1. The average Bonchev–Trinajstić information content (AvgIpc) is 2.88. The first-order chi connectivity index (χ1) is 17.2. The first-order valence-electron chi connectivity index (χ1n) is 11.2. The summed E-state index contributed by atoms with van der Waals surface area (Å²) < 4.78 is 5.82. The van der Waals surface area contributed by atoms with Crippen LogP contribution in [0.25, 0.3) is 0 Å². The van der Waals surface area contributed by atoms with Crippen molar-refractivity contribution in [3.05, 3.63) is 89.0 Å². The smallest absolute Gasteiger partial charge is 0.326 e. The molecule has 0 aliphatic rings. The molecule has 3 amide bonds. The first-order valence-corrected chi connectivity index (χ1v) is 11.7. The van der Waals surface area contributed by atoms with E-state index < -0.39 is 16.4 Å². The molecule has 0 fully saturated rings. The van der Waals surface area contributed by atoms with Crippen LogP contribution in [0, 0.1) is 15.5 Å². The minimum Gasteiger partial charge on any atom is -0.457 e. The summed E-state index contributed by atoms with van der Waals surface area (Å²) in [5, 5.41) is 16.4. The fraction of sp³-hybridized carbons (Fsp3) is 0.231. The van der Waals surface area contributed by atoms with Crippen LogP contribution in [0.15, 0.2) is 78.9 Å². The summed E-state index contributed by atoms with van der Waals surface area (Å²) in [5.74, 6) is 1.21. The molecule has 3 rings (SSSR count). The molecule has 3 aromatic carbocycles. The minimum atomic E-state index is -0.746. The van der Waals surface area contributed by atoms with E-state index in [0.717, 1.165) is 0 Å². The highest BCUT2D eigenvalue weighted by Crippen LogP contribution is 2.25. The van der Waals surface area contributed by atoms with Gasteiger partial charge in [0, 0.05) is 42.5 Å². The Labute approximate surface area is 214 Å². The SMILES string of the molecule is CC(C)(CCl)C(=O)NCCN(C(=O)Nc1ccc([N+](=O)[O-])cc1)c1ccc(Oc2ccccc2)cc1. The van der Waals surface area contributed by atoms with Crippen LogP contribution in [-0.4, -0.2) is 35.8 Å². The lowest BCUT2D eigenvalue weighted by Gasteiger charge is -2.25. The number of nitrogens with one attached hydrogen (secondary N) is 2. The second kappa shape index (κ2) is 12.0. The molecule has 188 valence electrons. The monoisotopic (exact) mass is 510 g/mol. The molecule has 0 saturated carbocycles. The third-order valence-electron chi connectivity index (χ3n) is 5.27. The van der Waals surface area contributed by atoms with Crippen LogP contribution in [0.2, 0.25) is 0 Å². The maximum absolute atomic E-state index is 13.2. The highest BCUT2D eigenvalue weighted by molar-refractivity contribution is 6.19. The van der Waals surface area contributed by atoms with Gasteiger partial charge in [-0.15, -0.1) is 11.6 Å². The van der Waals surface area contributed by atoms with Crippen LogP contribution in [-0.2, 0) is 4.79 Å². The van der Waals surface area contributed by atoms with Crippen LogP contribution in [0.3, 0.4) is 0 Å². The van der Waals surface area contributed by atoms with Gasteiger partial charge >= 0.3 is 6.03 Å². The van der Waals surface area contributed by atoms with Crippen molar-refractivity contribution in [3.63, 3.8) is 0 Å². The molecule has 0 radical (unpaired) electrons. The maximum atomic E-state index is 13.2. The number of para-hydroxylation sites is 1. The van der Waals surface area contributed by atoms with Gasteiger partial charge in [-0.05, 0) is 62.4 Å². The first kappa shape index (κ1) is 26.5. The number of anilines is 2. The lowest BCUT2D eigenvalue weighted by molar-refractivity contribution is -0.384. The summed E-state index contributed by atoms with van der Waals surface area (Å²) in [6, 6.07) is 21.3. The second-order valence-electron chi connectivity index (χ2n) is 8.57. The van der Waals surface area contributed by atoms with E-state index in [2.05, 4.69) is 10.6 Å². The zero-order valence-corrected chi connectivity index (χ0v) is 20.7. The van der Waals surface area contributed by atoms with Crippen LogP contribution in [0.5, 0.6) is 11.5 Å². The number of non-ortho nitro benzene ring substituents is 1. The lowest BCUT2D eigenvalue weighted by atomic mass is 9.95. The number of hydrogen-bond acceptors (Lipinski definition) is 5. The summed E-state index contributed by atoms with van der Waals surface area (Å²) in [4.78, 5) is 37.4. The van der Waals surface area contributed by atoms with Crippen LogP contribution in [0.4, 0.5) is 21.9 Å². The zero-order valence-electron chi connectivity index (χ0n) is 19.9. The van der Waals surface area contributed by atoms with Gasteiger partial charge in [0.15, 0.2) is 0 Å². The van der Waals surface area contributed by atoms with Crippen LogP contribution in [0.1, 0.15) is 13.8 Å². The van der Waals surface area contributed by atoms with Gasteiger partial charge in [-0.25, -0.2) is 4.79 Å². The molecule has 0 atom stereocenters.